The molecule has 0 spiro atoms. The number of ether oxygens (including phenoxy) is 1. The molecule has 1 N–H and O–H groups in total. The van der Waals surface area contributed by atoms with E-state index in [0.29, 0.717) is 18.5 Å². The zero-order valence-electron chi connectivity index (χ0n) is 14.1. The molecule has 2 fully saturated rings. The van der Waals surface area contributed by atoms with Crippen LogP contribution in [-0.2, 0) is 23.9 Å². The monoisotopic (exact) mass is 470 g/mol. The van der Waals surface area contributed by atoms with Crippen LogP contribution in [0.25, 0.3) is 0 Å². The average Bonchev–Trinajstić information content (AvgIpc) is 2.87. The van der Waals surface area contributed by atoms with Crippen molar-refractivity contribution in [2.75, 3.05) is 18.5 Å². The molecule has 2 aliphatic rings. The number of fused-ring (bicyclic) bond motifs is 1. The summed E-state index contributed by atoms with van der Waals surface area (Å²) in [5.74, 6) is -2.42. The topological polar surface area (TPSA) is 92.8 Å². The van der Waals surface area contributed by atoms with Gasteiger partial charge in [-0.2, -0.15) is 0 Å². The third kappa shape index (κ3) is 4.22. The minimum absolute atomic E-state index is 0.292. The second-order valence-corrected chi connectivity index (χ2v) is 7.72. The van der Waals surface area contributed by atoms with Crippen LogP contribution in [0.5, 0.6) is 0 Å². The van der Waals surface area contributed by atoms with Gasteiger partial charge < -0.3 is 10.1 Å². The van der Waals surface area contributed by atoms with E-state index in [2.05, 4.69) is 27.9 Å². The summed E-state index contributed by atoms with van der Waals surface area (Å²) in [5, 5.41) is 2.61. The van der Waals surface area contributed by atoms with Gasteiger partial charge in [-0.05, 0) is 59.7 Å². The lowest BCUT2D eigenvalue weighted by Crippen LogP contribution is -2.37. The minimum Gasteiger partial charge on any atom is -0.454 e. The fraction of sp³-hybridized carbons (Fsp3) is 0.444. The third-order valence-electron chi connectivity index (χ3n) is 4.71. The number of nitrogens with one attached hydrogen (secondary N) is 1. The highest BCUT2D eigenvalue weighted by atomic mass is 127. The standard InChI is InChI=1S/C18H19IN2O5/c19-11-5-7-12(8-6-11)20-15(22)10-26-16(23)9-21-17(24)13-3-1-2-4-14(13)18(21)25/h5-8,13-14H,1-4,9-10H2,(H,20,22)/t13-,14-/m0/s1. The number of amides is 3. The van der Waals surface area contributed by atoms with E-state index < -0.39 is 25.0 Å². The molecule has 0 radical (unpaired) electrons. The van der Waals surface area contributed by atoms with Gasteiger partial charge in [-0.25, -0.2) is 0 Å². The van der Waals surface area contributed by atoms with Crippen molar-refractivity contribution in [2.24, 2.45) is 11.8 Å². The Bertz CT molecular complexity index is 710. The van der Waals surface area contributed by atoms with Crippen LogP contribution < -0.4 is 5.32 Å². The van der Waals surface area contributed by atoms with Crippen molar-refractivity contribution < 1.29 is 23.9 Å². The van der Waals surface area contributed by atoms with Crippen LogP contribution in [0.1, 0.15) is 25.7 Å². The number of rotatable bonds is 5. The van der Waals surface area contributed by atoms with Gasteiger partial charge in [0.25, 0.3) is 5.91 Å². The number of likely N-dealkylation sites (tertiary alicyclic amines) is 1. The molecule has 0 aromatic heterocycles. The van der Waals surface area contributed by atoms with Crippen LogP contribution in [0, 0.1) is 15.4 Å². The van der Waals surface area contributed by atoms with Gasteiger partial charge in [0.05, 0.1) is 11.8 Å². The maximum atomic E-state index is 12.3. The first-order valence-corrected chi connectivity index (χ1v) is 9.60. The molecule has 1 aliphatic heterocycles. The Morgan fingerprint density at radius 3 is 2.23 bits per heavy atom. The molecule has 3 rings (SSSR count). The molecular weight excluding hydrogens is 451 g/mol. The zero-order valence-corrected chi connectivity index (χ0v) is 16.2. The van der Waals surface area contributed by atoms with Crippen molar-refractivity contribution in [3.05, 3.63) is 27.8 Å². The number of anilines is 1. The Balaban J connectivity index is 1.48. The number of esters is 1. The third-order valence-corrected chi connectivity index (χ3v) is 5.43. The summed E-state index contributed by atoms with van der Waals surface area (Å²) in [5.41, 5.74) is 0.598. The predicted molar refractivity (Wildman–Crippen MR) is 101 cm³/mol. The second-order valence-electron chi connectivity index (χ2n) is 6.48. The predicted octanol–water partition coefficient (Wildman–Crippen LogP) is 1.95. The number of benzene rings is 1. The molecule has 0 unspecified atom stereocenters. The van der Waals surface area contributed by atoms with Crippen molar-refractivity contribution in [3.63, 3.8) is 0 Å². The lowest BCUT2D eigenvalue weighted by atomic mass is 9.81. The Morgan fingerprint density at radius 2 is 1.65 bits per heavy atom. The van der Waals surface area contributed by atoms with E-state index in [4.69, 9.17) is 4.74 Å². The fourth-order valence-corrected chi connectivity index (χ4v) is 3.80. The highest BCUT2D eigenvalue weighted by Gasteiger charge is 2.48. The van der Waals surface area contributed by atoms with Gasteiger partial charge in [-0.3, -0.25) is 24.1 Å². The number of halogens is 1. The van der Waals surface area contributed by atoms with E-state index in [-0.39, 0.29) is 23.7 Å². The summed E-state index contributed by atoms with van der Waals surface area (Å²) in [4.78, 5) is 49.4. The molecule has 1 heterocycles. The Kier molecular flexibility index (Phi) is 5.90. The van der Waals surface area contributed by atoms with Gasteiger partial charge in [0, 0.05) is 9.26 Å². The van der Waals surface area contributed by atoms with Crippen LogP contribution in [-0.4, -0.2) is 41.7 Å². The van der Waals surface area contributed by atoms with Crippen molar-refractivity contribution in [1.29, 1.82) is 0 Å². The van der Waals surface area contributed by atoms with Gasteiger partial charge in [0.1, 0.15) is 6.54 Å². The summed E-state index contributed by atoms with van der Waals surface area (Å²) in [6, 6.07) is 7.16. The van der Waals surface area contributed by atoms with Crippen LogP contribution in [0.2, 0.25) is 0 Å². The normalized spacial score (nSPS) is 22.1. The summed E-state index contributed by atoms with van der Waals surface area (Å²) < 4.78 is 5.95. The largest absolute Gasteiger partial charge is 0.454 e. The highest BCUT2D eigenvalue weighted by Crippen LogP contribution is 2.37. The Hall–Kier alpha value is -1.97. The van der Waals surface area contributed by atoms with Crippen LogP contribution in [0.3, 0.4) is 0 Å². The minimum atomic E-state index is -0.761. The first kappa shape index (κ1) is 18.8. The molecule has 1 saturated heterocycles. The van der Waals surface area contributed by atoms with Gasteiger partial charge in [0.15, 0.2) is 6.61 Å². The van der Waals surface area contributed by atoms with Crippen molar-refractivity contribution in [2.45, 2.75) is 25.7 Å². The van der Waals surface area contributed by atoms with Crippen molar-refractivity contribution >= 4 is 52.0 Å². The van der Waals surface area contributed by atoms with Gasteiger partial charge in [0.2, 0.25) is 11.8 Å². The van der Waals surface area contributed by atoms with Crippen molar-refractivity contribution in [1.82, 2.24) is 4.90 Å². The van der Waals surface area contributed by atoms with Gasteiger partial charge >= 0.3 is 5.97 Å². The van der Waals surface area contributed by atoms with Crippen molar-refractivity contribution in [3.8, 4) is 0 Å². The maximum Gasteiger partial charge on any atom is 0.326 e. The molecule has 2 atom stereocenters. The van der Waals surface area contributed by atoms with E-state index in [9.17, 15) is 19.2 Å². The number of carbonyl (C=O) groups excluding carboxylic acids is 4. The van der Waals surface area contributed by atoms with Gasteiger partial charge in [-0.1, -0.05) is 12.8 Å². The Morgan fingerprint density at radius 1 is 1.08 bits per heavy atom. The molecule has 8 heteroatoms. The van der Waals surface area contributed by atoms with Crippen LogP contribution >= 0.6 is 22.6 Å². The number of imide groups is 1. The average molecular weight is 470 g/mol. The number of nitrogens with zero attached hydrogens (tertiary/aromatic N) is 1. The van der Waals surface area contributed by atoms with Crippen LogP contribution in [0.4, 0.5) is 5.69 Å². The molecule has 26 heavy (non-hydrogen) atoms. The molecule has 0 bridgehead atoms. The number of carbonyl (C=O) groups is 4. The molecule has 1 saturated carbocycles. The Labute approximate surface area is 164 Å². The first-order valence-electron chi connectivity index (χ1n) is 8.52. The van der Waals surface area contributed by atoms with E-state index in [0.717, 1.165) is 21.3 Å². The smallest absolute Gasteiger partial charge is 0.326 e. The molecule has 1 aliphatic carbocycles. The highest BCUT2D eigenvalue weighted by molar-refractivity contribution is 14.1. The summed E-state index contributed by atoms with van der Waals surface area (Å²) >= 11 is 2.15. The molecule has 7 nitrogen and oxygen atoms in total. The van der Waals surface area contributed by atoms with E-state index in [1.165, 1.54) is 0 Å². The number of hydrogen-bond acceptors (Lipinski definition) is 5. The molecule has 1 aromatic rings. The van der Waals surface area contributed by atoms with Crippen LogP contribution in [0.15, 0.2) is 24.3 Å². The first-order chi connectivity index (χ1) is 12.5. The number of hydrogen-bond donors (Lipinski definition) is 1. The quantitative estimate of drug-likeness (QED) is 0.404. The molecular formula is C18H19IN2O5. The molecule has 1 aromatic carbocycles. The summed E-state index contributed by atoms with van der Waals surface area (Å²) in [7, 11) is 0. The maximum absolute atomic E-state index is 12.3. The lowest BCUT2D eigenvalue weighted by molar-refractivity contribution is -0.154. The van der Waals surface area contributed by atoms with E-state index >= 15 is 0 Å². The fourth-order valence-electron chi connectivity index (χ4n) is 3.44. The molecule has 3 amide bonds. The molecule has 138 valence electrons. The zero-order chi connectivity index (χ0) is 18.7. The van der Waals surface area contributed by atoms with E-state index in [1.807, 2.05) is 12.1 Å². The SMILES string of the molecule is O=C(COC(=O)CN1C(=O)[C@H]2CCCC[C@@H]2C1=O)Nc1ccc(I)cc1. The van der Waals surface area contributed by atoms with Gasteiger partial charge in [-0.15, -0.1) is 0 Å². The summed E-state index contributed by atoms with van der Waals surface area (Å²) in [6.07, 6.45) is 3.24. The van der Waals surface area contributed by atoms with E-state index in [1.54, 1.807) is 12.1 Å². The second kappa shape index (κ2) is 8.15. The summed E-state index contributed by atoms with van der Waals surface area (Å²) in [6.45, 7) is -0.893. The lowest BCUT2D eigenvalue weighted by Gasteiger charge is -2.19.